The van der Waals surface area contributed by atoms with Gasteiger partial charge in [-0.25, -0.2) is 0 Å². The fourth-order valence-corrected chi connectivity index (χ4v) is 1.31. The van der Waals surface area contributed by atoms with E-state index >= 15 is 0 Å². The number of benzene rings is 1. The standard InChI is InChI=1S/C12H18N2O3/c1-12(2,17-3)8-9-13-10-4-6-11(7-5-10)14(15)16/h4-7,13H,8-9H2,1-3H3. The van der Waals surface area contributed by atoms with Crippen molar-refractivity contribution in [2.45, 2.75) is 25.9 Å². The molecule has 0 aliphatic rings. The van der Waals surface area contributed by atoms with Crippen molar-refractivity contribution in [1.29, 1.82) is 0 Å². The summed E-state index contributed by atoms with van der Waals surface area (Å²) in [6.07, 6.45) is 0.862. The summed E-state index contributed by atoms with van der Waals surface area (Å²) >= 11 is 0. The Morgan fingerprint density at radius 2 is 1.94 bits per heavy atom. The van der Waals surface area contributed by atoms with Gasteiger partial charge < -0.3 is 10.1 Å². The molecule has 0 amide bonds. The van der Waals surface area contributed by atoms with E-state index in [4.69, 9.17) is 4.74 Å². The van der Waals surface area contributed by atoms with Crippen molar-refractivity contribution in [1.82, 2.24) is 0 Å². The van der Waals surface area contributed by atoms with Gasteiger partial charge in [-0.3, -0.25) is 10.1 Å². The van der Waals surface area contributed by atoms with Crippen LogP contribution in [0, 0.1) is 10.1 Å². The van der Waals surface area contributed by atoms with Gasteiger partial charge in [-0.2, -0.15) is 0 Å². The lowest BCUT2D eigenvalue weighted by Gasteiger charge is -2.23. The minimum Gasteiger partial charge on any atom is -0.385 e. The predicted octanol–water partition coefficient (Wildman–Crippen LogP) is 2.82. The maximum absolute atomic E-state index is 10.5. The van der Waals surface area contributed by atoms with Crippen LogP contribution in [0.25, 0.3) is 0 Å². The van der Waals surface area contributed by atoms with E-state index in [0.29, 0.717) is 0 Å². The van der Waals surface area contributed by atoms with Gasteiger partial charge in [0.2, 0.25) is 0 Å². The van der Waals surface area contributed by atoms with Crippen molar-refractivity contribution in [3.8, 4) is 0 Å². The summed E-state index contributed by atoms with van der Waals surface area (Å²) in [4.78, 5) is 10.1. The number of nitrogens with zero attached hydrogens (tertiary/aromatic N) is 1. The lowest BCUT2D eigenvalue weighted by atomic mass is 10.1. The number of hydrogen-bond acceptors (Lipinski definition) is 4. The first-order chi connectivity index (χ1) is 7.94. The van der Waals surface area contributed by atoms with E-state index in [1.807, 2.05) is 13.8 Å². The van der Waals surface area contributed by atoms with Crippen LogP contribution in [-0.2, 0) is 4.74 Å². The zero-order chi connectivity index (χ0) is 12.9. The SMILES string of the molecule is COC(C)(C)CCNc1ccc([N+](=O)[O-])cc1. The Morgan fingerprint density at radius 1 is 1.35 bits per heavy atom. The monoisotopic (exact) mass is 238 g/mol. The predicted molar refractivity (Wildman–Crippen MR) is 67.3 cm³/mol. The summed E-state index contributed by atoms with van der Waals surface area (Å²) in [5.41, 5.74) is 0.823. The van der Waals surface area contributed by atoms with E-state index in [0.717, 1.165) is 18.7 Å². The molecule has 1 rings (SSSR count). The van der Waals surface area contributed by atoms with Crippen LogP contribution >= 0.6 is 0 Å². The van der Waals surface area contributed by atoms with Gasteiger partial charge in [0.05, 0.1) is 10.5 Å². The largest absolute Gasteiger partial charge is 0.385 e. The number of non-ortho nitro benzene ring substituents is 1. The number of rotatable bonds is 6. The molecule has 0 unspecified atom stereocenters. The van der Waals surface area contributed by atoms with Crippen molar-refractivity contribution in [2.75, 3.05) is 19.0 Å². The molecular formula is C12H18N2O3. The van der Waals surface area contributed by atoms with Gasteiger partial charge in [-0.05, 0) is 32.4 Å². The summed E-state index contributed by atoms with van der Waals surface area (Å²) in [6, 6.07) is 6.39. The molecule has 0 aromatic heterocycles. The number of ether oxygens (including phenoxy) is 1. The Hall–Kier alpha value is -1.62. The normalized spacial score (nSPS) is 11.2. The smallest absolute Gasteiger partial charge is 0.269 e. The number of anilines is 1. The molecule has 0 atom stereocenters. The van der Waals surface area contributed by atoms with Gasteiger partial charge in [0.1, 0.15) is 0 Å². The van der Waals surface area contributed by atoms with Crippen molar-refractivity contribution in [2.24, 2.45) is 0 Å². The molecule has 17 heavy (non-hydrogen) atoms. The van der Waals surface area contributed by atoms with Crippen LogP contribution in [0.15, 0.2) is 24.3 Å². The molecular weight excluding hydrogens is 220 g/mol. The van der Waals surface area contributed by atoms with E-state index in [1.165, 1.54) is 12.1 Å². The highest BCUT2D eigenvalue weighted by molar-refractivity contribution is 5.48. The van der Waals surface area contributed by atoms with Gasteiger partial charge in [-0.15, -0.1) is 0 Å². The van der Waals surface area contributed by atoms with E-state index in [9.17, 15) is 10.1 Å². The summed E-state index contributed by atoms with van der Waals surface area (Å²) < 4.78 is 5.30. The minimum atomic E-state index is -0.405. The molecule has 0 heterocycles. The van der Waals surface area contributed by atoms with Crippen molar-refractivity contribution < 1.29 is 9.66 Å². The van der Waals surface area contributed by atoms with Gasteiger partial charge in [0, 0.05) is 31.5 Å². The molecule has 0 radical (unpaired) electrons. The van der Waals surface area contributed by atoms with Crippen LogP contribution in [0.5, 0.6) is 0 Å². The number of nitrogens with one attached hydrogen (secondary N) is 1. The molecule has 94 valence electrons. The fraction of sp³-hybridized carbons (Fsp3) is 0.500. The molecule has 5 heteroatoms. The molecule has 1 aromatic rings. The molecule has 0 fully saturated rings. The maximum Gasteiger partial charge on any atom is 0.269 e. The van der Waals surface area contributed by atoms with E-state index in [2.05, 4.69) is 5.32 Å². The number of methoxy groups -OCH3 is 1. The number of hydrogen-bond donors (Lipinski definition) is 1. The summed E-state index contributed by atoms with van der Waals surface area (Å²) in [7, 11) is 1.69. The summed E-state index contributed by atoms with van der Waals surface area (Å²) in [6.45, 7) is 4.80. The average Bonchev–Trinajstić information content (AvgIpc) is 2.29. The third kappa shape index (κ3) is 4.40. The van der Waals surface area contributed by atoms with Crippen LogP contribution < -0.4 is 5.32 Å². The van der Waals surface area contributed by atoms with Gasteiger partial charge in [0.15, 0.2) is 0 Å². The Labute approximate surface area is 101 Å². The molecule has 0 bridgehead atoms. The first-order valence-corrected chi connectivity index (χ1v) is 5.48. The zero-order valence-electron chi connectivity index (χ0n) is 10.4. The van der Waals surface area contributed by atoms with Gasteiger partial charge >= 0.3 is 0 Å². The van der Waals surface area contributed by atoms with Crippen LogP contribution in [0.1, 0.15) is 20.3 Å². The second kappa shape index (κ2) is 5.63. The lowest BCUT2D eigenvalue weighted by molar-refractivity contribution is -0.384. The van der Waals surface area contributed by atoms with Crippen LogP contribution in [0.2, 0.25) is 0 Å². The Balaban J connectivity index is 2.45. The Morgan fingerprint density at radius 3 is 2.41 bits per heavy atom. The first-order valence-electron chi connectivity index (χ1n) is 5.48. The second-order valence-electron chi connectivity index (χ2n) is 4.44. The Kier molecular flexibility index (Phi) is 4.45. The van der Waals surface area contributed by atoms with E-state index in [1.54, 1.807) is 19.2 Å². The van der Waals surface area contributed by atoms with Crippen LogP contribution in [0.4, 0.5) is 11.4 Å². The second-order valence-corrected chi connectivity index (χ2v) is 4.44. The molecule has 5 nitrogen and oxygen atoms in total. The van der Waals surface area contributed by atoms with E-state index < -0.39 is 4.92 Å². The fourth-order valence-electron chi connectivity index (χ4n) is 1.31. The maximum atomic E-state index is 10.5. The third-order valence-electron chi connectivity index (χ3n) is 2.69. The zero-order valence-corrected chi connectivity index (χ0v) is 10.4. The minimum absolute atomic E-state index is 0.104. The third-order valence-corrected chi connectivity index (χ3v) is 2.69. The average molecular weight is 238 g/mol. The number of nitro groups is 1. The van der Waals surface area contributed by atoms with Crippen molar-refractivity contribution >= 4 is 11.4 Å². The van der Waals surface area contributed by atoms with Gasteiger partial charge in [0.25, 0.3) is 5.69 Å². The lowest BCUT2D eigenvalue weighted by Crippen LogP contribution is -2.25. The molecule has 0 saturated heterocycles. The highest BCUT2D eigenvalue weighted by atomic mass is 16.6. The summed E-state index contributed by atoms with van der Waals surface area (Å²) in [5.74, 6) is 0. The molecule has 0 aliphatic carbocycles. The topological polar surface area (TPSA) is 64.4 Å². The first kappa shape index (κ1) is 13.4. The Bertz CT molecular complexity index is 374. The molecule has 0 aliphatic heterocycles. The molecule has 1 aromatic carbocycles. The molecule has 0 saturated carbocycles. The van der Waals surface area contributed by atoms with E-state index in [-0.39, 0.29) is 11.3 Å². The highest BCUT2D eigenvalue weighted by Gasteiger charge is 2.15. The van der Waals surface area contributed by atoms with Crippen molar-refractivity contribution in [3.05, 3.63) is 34.4 Å². The molecule has 0 spiro atoms. The van der Waals surface area contributed by atoms with Crippen LogP contribution in [0.3, 0.4) is 0 Å². The van der Waals surface area contributed by atoms with Crippen molar-refractivity contribution in [3.63, 3.8) is 0 Å². The molecule has 1 N–H and O–H groups in total. The van der Waals surface area contributed by atoms with Crippen LogP contribution in [-0.4, -0.2) is 24.2 Å². The quantitative estimate of drug-likeness (QED) is 0.611. The number of nitro benzene ring substituents is 1. The summed E-state index contributed by atoms with van der Waals surface area (Å²) in [5, 5.41) is 13.7. The van der Waals surface area contributed by atoms with Gasteiger partial charge in [-0.1, -0.05) is 0 Å². The highest BCUT2D eigenvalue weighted by Crippen LogP contribution is 2.17.